The van der Waals surface area contributed by atoms with Crippen LogP contribution < -0.4 is 0 Å². The molecule has 4 rings (SSSR count). The van der Waals surface area contributed by atoms with E-state index in [1.54, 1.807) is 12.4 Å². The number of rotatable bonds is 5. The lowest BCUT2D eigenvalue weighted by Gasteiger charge is -2.31. The summed E-state index contributed by atoms with van der Waals surface area (Å²) in [5, 5.41) is 3.98. The molecule has 1 saturated heterocycles. The Morgan fingerprint density at radius 2 is 2.04 bits per heavy atom. The summed E-state index contributed by atoms with van der Waals surface area (Å²) in [6.07, 6.45) is 6.73. The lowest BCUT2D eigenvalue weighted by Crippen LogP contribution is -2.40. The molecule has 1 unspecified atom stereocenters. The van der Waals surface area contributed by atoms with Crippen molar-refractivity contribution in [3.05, 3.63) is 54.5 Å². The van der Waals surface area contributed by atoms with Crippen LogP contribution in [0.15, 0.2) is 52.3 Å². The molecule has 0 aliphatic carbocycles. The number of nitrogens with zero attached hydrogens (tertiary/aromatic N) is 5. The molecular formula is C18H18FN5O3S. The van der Waals surface area contributed by atoms with Crippen LogP contribution in [0.2, 0.25) is 0 Å². The molecule has 0 N–H and O–H groups in total. The van der Waals surface area contributed by atoms with Gasteiger partial charge in [0, 0.05) is 31.9 Å². The Morgan fingerprint density at radius 1 is 1.21 bits per heavy atom. The molecule has 28 heavy (non-hydrogen) atoms. The van der Waals surface area contributed by atoms with Crippen molar-refractivity contribution < 1.29 is 17.3 Å². The second-order valence-corrected chi connectivity index (χ2v) is 8.57. The highest BCUT2D eigenvalue weighted by molar-refractivity contribution is 7.89. The number of aromatic nitrogens is 4. The molecule has 2 aromatic heterocycles. The maximum absolute atomic E-state index is 13.1. The molecule has 8 nitrogen and oxygen atoms in total. The second kappa shape index (κ2) is 7.72. The van der Waals surface area contributed by atoms with Gasteiger partial charge >= 0.3 is 0 Å². The molecule has 0 radical (unpaired) electrons. The Morgan fingerprint density at radius 3 is 2.79 bits per heavy atom. The minimum Gasteiger partial charge on any atom is -0.332 e. The average molecular weight is 403 g/mol. The van der Waals surface area contributed by atoms with Gasteiger partial charge < -0.3 is 4.52 Å². The minimum atomic E-state index is -3.66. The van der Waals surface area contributed by atoms with Crippen LogP contribution in [0.3, 0.4) is 0 Å². The zero-order valence-corrected chi connectivity index (χ0v) is 15.7. The molecule has 10 heteroatoms. The van der Waals surface area contributed by atoms with Gasteiger partial charge in [0.2, 0.25) is 10.0 Å². The van der Waals surface area contributed by atoms with Crippen molar-refractivity contribution in [2.75, 3.05) is 13.1 Å². The second-order valence-electron chi connectivity index (χ2n) is 6.64. The van der Waals surface area contributed by atoms with Crippen LogP contribution >= 0.6 is 0 Å². The standard InChI is InChI=1S/C18H18FN5O3S/c19-14-3-5-15(6-4-14)28(25,26)24-9-1-2-13(12-24)10-17-22-18(27-23-17)16-11-20-7-8-21-16/h3-8,11,13H,1-2,9-10,12H2. The van der Waals surface area contributed by atoms with Crippen molar-refractivity contribution in [2.24, 2.45) is 5.92 Å². The average Bonchev–Trinajstić information content (AvgIpc) is 3.18. The van der Waals surface area contributed by atoms with Crippen LogP contribution in [0, 0.1) is 11.7 Å². The Balaban J connectivity index is 1.46. The van der Waals surface area contributed by atoms with Crippen molar-refractivity contribution in [1.82, 2.24) is 24.4 Å². The number of piperidine rings is 1. The first-order valence-electron chi connectivity index (χ1n) is 8.87. The molecule has 0 bridgehead atoms. The summed E-state index contributed by atoms with van der Waals surface area (Å²) in [5.74, 6) is 0.393. The topological polar surface area (TPSA) is 102 Å². The summed E-state index contributed by atoms with van der Waals surface area (Å²) < 4.78 is 45.4. The summed E-state index contributed by atoms with van der Waals surface area (Å²) >= 11 is 0. The first kappa shape index (κ1) is 18.6. The van der Waals surface area contributed by atoms with Gasteiger partial charge in [-0.2, -0.15) is 9.29 Å². The fraction of sp³-hybridized carbons (Fsp3) is 0.333. The Bertz CT molecular complexity index is 1040. The van der Waals surface area contributed by atoms with Gasteiger partial charge in [-0.05, 0) is 43.0 Å². The van der Waals surface area contributed by atoms with E-state index in [1.165, 1.54) is 22.6 Å². The summed E-state index contributed by atoms with van der Waals surface area (Å²) in [7, 11) is -3.66. The van der Waals surface area contributed by atoms with Crippen molar-refractivity contribution in [3.8, 4) is 11.6 Å². The van der Waals surface area contributed by atoms with E-state index in [-0.39, 0.29) is 16.7 Å². The fourth-order valence-corrected chi connectivity index (χ4v) is 4.83. The normalized spacial score (nSPS) is 18.2. The van der Waals surface area contributed by atoms with Crippen LogP contribution in [-0.2, 0) is 16.4 Å². The first-order chi connectivity index (χ1) is 13.5. The third kappa shape index (κ3) is 3.92. The molecular weight excluding hydrogens is 385 g/mol. The van der Waals surface area contributed by atoms with E-state index in [0.717, 1.165) is 25.0 Å². The molecule has 146 valence electrons. The predicted molar refractivity (Wildman–Crippen MR) is 96.9 cm³/mol. The summed E-state index contributed by atoms with van der Waals surface area (Å²) in [5.41, 5.74) is 0.491. The van der Waals surface area contributed by atoms with E-state index in [0.29, 0.717) is 31.0 Å². The van der Waals surface area contributed by atoms with Gasteiger partial charge in [0.25, 0.3) is 5.89 Å². The molecule has 1 aliphatic rings. The van der Waals surface area contributed by atoms with Gasteiger partial charge in [0.05, 0.1) is 11.1 Å². The van der Waals surface area contributed by atoms with Crippen molar-refractivity contribution in [1.29, 1.82) is 0 Å². The molecule has 1 aliphatic heterocycles. The molecule has 0 amide bonds. The first-order valence-corrected chi connectivity index (χ1v) is 10.3. The van der Waals surface area contributed by atoms with Crippen LogP contribution in [0.25, 0.3) is 11.6 Å². The fourth-order valence-electron chi connectivity index (χ4n) is 3.28. The van der Waals surface area contributed by atoms with Crippen molar-refractivity contribution in [3.63, 3.8) is 0 Å². The third-order valence-corrected chi connectivity index (χ3v) is 6.53. The molecule has 1 aromatic carbocycles. The quantitative estimate of drug-likeness (QED) is 0.644. The Kier molecular flexibility index (Phi) is 5.14. The largest absolute Gasteiger partial charge is 0.332 e. The van der Waals surface area contributed by atoms with Gasteiger partial charge in [-0.25, -0.2) is 17.8 Å². The molecule has 0 spiro atoms. The van der Waals surface area contributed by atoms with Crippen molar-refractivity contribution in [2.45, 2.75) is 24.2 Å². The lowest BCUT2D eigenvalue weighted by atomic mass is 9.96. The van der Waals surface area contributed by atoms with Gasteiger partial charge in [0.1, 0.15) is 11.5 Å². The highest BCUT2D eigenvalue weighted by atomic mass is 32.2. The smallest absolute Gasteiger partial charge is 0.278 e. The maximum atomic E-state index is 13.1. The van der Waals surface area contributed by atoms with Gasteiger partial charge in [-0.3, -0.25) is 4.98 Å². The lowest BCUT2D eigenvalue weighted by molar-refractivity contribution is 0.261. The number of benzene rings is 1. The highest BCUT2D eigenvalue weighted by Crippen LogP contribution is 2.26. The number of hydrogen-bond acceptors (Lipinski definition) is 7. The maximum Gasteiger partial charge on any atom is 0.278 e. The van der Waals surface area contributed by atoms with E-state index in [2.05, 4.69) is 20.1 Å². The zero-order chi connectivity index (χ0) is 19.6. The summed E-state index contributed by atoms with van der Waals surface area (Å²) in [6, 6.07) is 4.89. The van der Waals surface area contributed by atoms with Crippen LogP contribution in [0.4, 0.5) is 4.39 Å². The number of halogens is 1. The Hall–Kier alpha value is -2.72. The zero-order valence-electron chi connectivity index (χ0n) is 14.9. The van der Waals surface area contributed by atoms with Gasteiger partial charge in [-0.15, -0.1) is 0 Å². The van der Waals surface area contributed by atoms with Crippen LogP contribution in [0.5, 0.6) is 0 Å². The predicted octanol–water partition coefficient (Wildman–Crippen LogP) is 2.31. The number of sulfonamides is 1. The molecule has 1 fully saturated rings. The third-order valence-electron chi connectivity index (χ3n) is 4.65. The van der Waals surface area contributed by atoms with Gasteiger partial charge in [0.15, 0.2) is 5.82 Å². The molecule has 0 saturated carbocycles. The van der Waals surface area contributed by atoms with E-state index in [9.17, 15) is 12.8 Å². The SMILES string of the molecule is O=S(=O)(c1ccc(F)cc1)N1CCCC(Cc2noc(-c3cnccn3)n2)C1. The molecule has 1 atom stereocenters. The molecule has 3 aromatic rings. The van der Waals surface area contributed by atoms with Crippen LogP contribution in [0.1, 0.15) is 18.7 Å². The highest BCUT2D eigenvalue weighted by Gasteiger charge is 2.31. The monoisotopic (exact) mass is 403 g/mol. The van der Waals surface area contributed by atoms with E-state index in [1.807, 2.05) is 0 Å². The minimum absolute atomic E-state index is 0.0660. The Labute approximate surface area is 161 Å². The van der Waals surface area contributed by atoms with Crippen LogP contribution in [-0.4, -0.2) is 45.9 Å². The van der Waals surface area contributed by atoms with Gasteiger partial charge in [-0.1, -0.05) is 5.16 Å². The van der Waals surface area contributed by atoms with Crippen molar-refractivity contribution >= 4 is 10.0 Å². The van der Waals surface area contributed by atoms with E-state index in [4.69, 9.17) is 4.52 Å². The summed E-state index contributed by atoms with van der Waals surface area (Å²) in [6.45, 7) is 0.794. The van der Waals surface area contributed by atoms with E-state index >= 15 is 0 Å². The molecule has 3 heterocycles. The van der Waals surface area contributed by atoms with E-state index < -0.39 is 15.8 Å². The number of hydrogen-bond donors (Lipinski definition) is 0. The summed E-state index contributed by atoms with van der Waals surface area (Å²) in [4.78, 5) is 12.5.